The molecule has 9 heteroatoms. The van der Waals surface area contributed by atoms with Crippen LogP contribution in [0.2, 0.25) is 0 Å². The van der Waals surface area contributed by atoms with Gasteiger partial charge in [0.25, 0.3) is 0 Å². The summed E-state index contributed by atoms with van der Waals surface area (Å²) in [4.78, 5) is 53.1. The Morgan fingerprint density at radius 3 is 2.03 bits per heavy atom. The molecule has 0 radical (unpaired) electrons. The van der Waals surface area contributed by atoms with Crippen molar-refractivity contribution in [2.24, 2.45) is 5.73 Å². The van der Waals surface area contributed by atoms with Crippen molar-refractivity contribution in [1.29, 1.82) is 0 Å². The fourth-order valence-electron chi connectivity index (χ4n) is 3.66. The number of hydrogen-bond acceptors (Lipinski definition) is 5. The van der Waals surface area contributed by atoms with Crippen LogP contribution in [-0.4, -0.2) is 51.9 Å². The molecule has 9 nitrogen and oxygen atoms in total. The quantitative estimate of drug-likeness (QED) is 0.472. The maximum Gasteiger partial charge on any atom is 0.408 e. The van der Waals surface area contributed by atoms with E-state index in [1.165, 1.54) is 4.90 Å². The molecule has 0 saturated heterocycles. The molecule has 1 aromatic carbocycles. The van der Waals surface area contributed by atoms with Crippen LogP contribution in [0, 0.1) is 13.8 Å². The minimum atomic E-state index is -1.12. The Morgan fingerprint density at radius 2 is 1.58 bits per heavy atom. The van der Waals surface area contributed by atoms with Crippen molar-refractivity contribution in [3.63, 3.8) is 0 Å². The molecule has 4 amide bonds. The first kappa shape index (κ1) is 30.9. The summed E-state index contributed by atoms with van der Waals surface area (Å²) in [7, 11) is 0. The van der Waals surface area contributed by atoms with Crippen LogP contribution < -0.4 is 16.4 Å². The average molecular weight is 505 g/mol. The van der Waals surface area contributed by atoms with Gasteiger partial charge in [-0.1, -0.05) is 18.2 Å². The van der Waals surface area contributed by atoms with Gasteiger partial charge in [0.2, 0.25) is 17.7 Å². The summed E-state index contributed by atoms with van der Waals surface area (Å²) >= 11 is 0. The molecule has 0 aromatic heterocycles. The third-order valence-electron chi connectivity index (χ3n) is 5.35. The van der Waals surface area contributed by atoms with Crippen LogP contribution in [0.15, 0.2) is 18.2 Å². The van der Waals surface area contributed by atoms with Crippen LogP contribution in [0.1, 0.15) is 91.0 Å². The Labute approximate surface area is 215 Å². The van der Waals surface area contributed by atoms with E-state index in [-0.39, 0.29) is 18.7 Å². The Morgan fingerprint density at radius 1 is 1.00 bits per heavy atom. The van der Waals surface area contributed by atoms with Gasteiger partial charge in [0.05, 0.1) is 0 Å². The largest absolute Gasteiger partial charge is 0.444 e. The van der Waals surface area contributed by atoms with Gasteiger partial charge in [-0.2, -0.15) is 0 Å². The van der Waals surface area contributed by atoms with Crippen LogP contribution in [0.5, 0.6) is 0 Å². The monoisotopic (exact) mass is 504 g/mol. The predicted octanol–water partition coefficient (Wildman–Crippen LogP) is 3.66. The maximum absolute atomic E-state index is 14.0. The lowest BCUT2D eigenvalue weighted by molar-refractivity contribution is -0.145. The molecule has 36 heavy (non-hydrogen) atoms. The SMILES string of the molecule is Cc1ccc(C(C(=O)NC(C)(C)C)N(C(=O)C(CCC(N)=O)NC(=O)OC(C)(C)C)C(C)C)cc1C. The van der Waals surface area contributed by atoms with Crippen LogP contribution in [0.3, 0.4) is 0 Å². The van der Waals surface area contributed by atoms with Gasteiger partial charge in [-0.15, -0.1) is 0 Å². The lowest BCUT2D eigenvalue weighted by Gasteiger charge is -2.38. The molecule has 0 bridgehead atoms. The van der Waals surface area contributed by atoms with Crippen LogP contribution in [0.4, 0.5) is 4.79 Å². The highest BCUT2D eigenvalue weighted by molar-refractivity contribution is 5.93. The molecule has 1 rings (SSSR count). The second-order valence-electron chi connectivity index (χ2n) is 11.5. The summed E-state index contributed by atoms with van der Waals surface area (Å²) in [6, 6.07) is 3.14. The lowest BCUT2D eigenvalue weighted by atomic mass is 9.96. The number of carbonyl (C=O) groups is 4. The van der Waals surface area contributed by atoms with Gasteiger partial charge >= 0.3 is 6.09 Å². The number of ether oxygens (including phenoxy) is 1. The van der Waals surface area contributed by atoms with Crippen molar-refractivity contribution >= 4 is 23.8 Å². The van der Waals surface area contributed by atoms with Crippen molar-refractivity contribution in [2.45, 2.75) is 111 Å². The third-order valence-corrected chi connectivity index (χ3v) is 5.35. The lowest BCUT2D eigenvalue weighted by Crippen LogP contribution is -2.56. The summed E-state index contributed by atoms with van der Waals surface area (Å²) in [5.41, 5.74) is 6.70. The van der Waals surface area contributed by atoms with Gasteiger partial charge in [-0.25, -0.2) is 4.79 Å². The fraction of sp³-hybridized carbons (Fsp3) is 0.630. The van der Waals surface area contributed by atoms with Crippen molar-refractivity contribution < 1.29 is 23.9 Å². The Bertz CT molecular complexity index is 960. The zero-order valence-electron chi connectivity index (χ0n) is 23.4. The van der Waals surface area contributed by atoms with E-state index >= 15 is 0 Å². The van der Waals surface area contributed by atoms with E-state index in [4.69, 9.17) is 10.5 Å². The van der Waals surface area contributed by atoms with Gasteiger partial charge in [-0.3, -0.25) is 14.4 Å². The van der Waals surface area contributed by atoms with Crippen molar-refractivity contribution in [2.75, 3.05) is 0 Å². The van der Waals surface area contributed by atoms with Crippen LogP contribution >= 0.6 is 0 Å². The second-order valence-corrected chi connectivity index (χ2v) is 11.5. The zero-order valence-corrected chi connectivity index (χ0v) is 23.4. The molecule has 202 valence electrons. The molecule has 0 heterocycles. The Kier molecular flexibility index (Phi) is 10.5. The molecule has 0 aliphatic rings. The number of primary amides is 1. The molecule has 2 atom stereocenters. The van der Waals surface area contributed by atoms with Gasteiger partial charge < -0.3 is 26.0 Å². The van der Waals surface area contributed by atoms with E-state index in [9.17, 15) is 19.2 Å². The van der Waals surface area contributed by atoms with E-state index in [0.29, 0.717) is 5.56 Å². The van der Waals surface area contributed by atoms with E-state index in [0.717, 1.165) is 11.1 Å². The summed E-state index contributed by atoms with van der Waals surface area (Å²) in [6.45, 7) is 18.2. The van der Waals surface area contributed by atoms with Crippen molar-refractivity contribution in [3.05, 3.63) is 34.9 Å². The molecule has 0 fully saturated rings. The molecule has 4 N–H and O–H groups in total. The summed E-state index contributed by atoms with van der Waals surface area (Å²) in [5.74, 6) is -1.46. The van der Waals surface area contributed by atoms with E-state index in [1.54, 1.807) is 34.6 Å². The number of nitrogens with one attached hydrogen (secondary N) is 2. The molecular formula is C27H44N4O5. The molecule has 1 aromatic rings. The summed E-state index contributed by atoms with van der Waals surface area (Å²) < 4.78 is 5.34. The number of benzene rings is 1. The normalized spacial score (nSPS) is 13.5. The summed E-state index contributed by atoms with van der Waals surface area (Å²) in [6.07, 6.45) is -0.950. The van der Waals surface area contributed by atoms with Gasteiger partial charge in [0, 0.05) is 18.0 Å². The molecule has 0 aliphatic carbocycles. The highest BCUT2D eigenvalue weighted by atomic mass is 16.6. The standard InChI is InChI=1S/C27H44N4O5/c1-16(2)31(24(34)20(13-14-21(28)32)29-25(35)36-27(8,9)10)22(23(33)30-26(5,6)7)19-12-11-17(3)18(4)15-19/h11-12,15-16,20,22H,13-14H2,1-10H3,(H2,28,32)(H,29,35)(H,30,33). The molecule has 0 saturated carbocycles. The first-order valence-electron chi connectivity index (χ1n) is 12.3. The fourth-order valence-corrected chi connectivity index (χ4v) is 3.66. The first-order valence-corrected chi connectivity index (χ1v) is 12.3. The Balaban J connectivity index is 3.55. The number of alkyl carbamates (subject to hydrolysis) is 1. The second kappa shape index (κ2) is 12.2. The number of amides is 4. The molecular weight excluding hydrogens is 460 g/mol. The van der Waals surface area contributed by atoms with Crippen molar-refractivity contribution in [1.82, 2.24) is 15.5 Å². The third kappa shape index (κ3) is 9.87. The zero-order chi connectivity index (χ0) is 28.0. The number of hydrogen-bond donors (Lipinski definition) is 3. The van der Waals surface area contributed by atoms with Crippen molar-refractivity contribution in [3.8, 4) is 0 Å². The highest BCUT2D eigenvalue weighted by Gasteiger charge is 2.38. The van der Waals surface area contributed by atoms with Gasteiger partial charge in [0.15, 0.2) is 0 Å². The molecule has 0 spiro atoms. The first-order chi connectivity index (χ1) is 16.3. The van der Waals surface area contributed by atoms with E-state index < -0.39 is 47.2 Å². The number of aryl methyl sites for hydroxylation is 2. The van der Waals surface area contributed by atoms with Crippen LogP contribution in [0.25, 0.3) is 0 Å². The molecule has 2 unspecified atom stereocenters. The topological polar surface area (TPSA) is 131 Å². The number of carbonyl (C=O) groups excluding carboxylic acids is 4. The van der Waals surface area contributed by atoms with Gasteiger partial charge in [0.1, 0.15) is 17.7 Å². The minimum absolute atomic E-state index is 0.0306. The predicted molar refractivity (Wildman–Crippen MR) is 140 cm³/mol. The van der Waals surface area contributed by atoms with Crippen LogP contribution in [-0.2, 0) is 19.1 Å². The van der Waals surface area contributed by atoms with E-state index in [2.05, 4.69) is 10.6 Å². The Hall–Kier alpha value is -3.10. The highest BCUT2D eigenvalue weighted by Crippen LogP contribution is 2.28. The average Bonchev–Trinajstić information content (AvgIpc) is 2.67. The smallest absolute Gasteiger partial charge is 0.408 e. The number of rotatable bonds is 9. The summed E-state index contributed by atoms with van der Waals surface area (Å²) in [5, 5.41) is 5.57. The number of nitrogens with two attached hydrogens (primary N) is 1. The van der Waals surface area contributed by atoms with E-state index in [1.807, 2.05) is 52.8 Å². The molecule has 0 aliphatic heterocycles. The minimum Gasteiger partial charge on any atom is -0.444 e. The van der Waals surface area contributed by atoms with Gasteiger partial charge in [-0.05, 0) is 92.3 Å². The maximum atomic E-state index is 14.0. The number of nitrogens with zero attached hydrogens (tertiary/aromatic N) is 1.